The molecule has 1 aliphatic heterocycles. The van der Waals surface area contributed by atoms with E-state index >= 15 is 0 Å². The number of aryl methyl sites for hydroxylation is 1. The molecule has 0 saturated heterocycles. The molecule has 0 N–H and O–H groups in total. The zero-order chi connectivity index (χ0) is 24.3. The lowest BCUT2D eigenvalue weighted by molar-refractivity contribution is -0.138. The highest BCUT2D eigenvalue weighted by Gasteiger charge is 2.49. The number of terminal acetylenes is 1. The van der Waals surface area contributed by atoms with Crippen molar-refractivity contribution in [2.24, 2.45) is 13.0 Å². The Hall–Kier alpha value is -3.93. The Morgan fingerprint density at radius 1 is 1.24 bits per heavy atom. The highest BCUT2D eigenvalue weighted by Crippen LogP contribution is 2.52. The molecule has 9 heteroatoms. The molecular formula is C25H19F3N4O2. The van der Waals surface area contributed by atoms with E-state index in [1.54, 1.807) is 24.5 Å². The van der Waals surface area contributed by atoms with Crippen molar-refractivity contribution in [3.05, 3.63) is 76.4 Å². The molecule has 1 aliphatic carbocycles. The van der Waals surface area contributed by atoms with Crippen LogP contribution in [0, 0.1) is 18.3 Å². The minimum absolute atomic E-state index is 0.0640. The summed E-state index contributed by atoms with van der Waals surface area (Å²) in [6, 6.07) is 9.17. The molecule has 0 radical (unpaired) electrons. The molecule has 0 atom stereocenters. The third-order valence-electron chi connectivity index (χ3n) is 6.78. The smallest absolute Gasteiger partial charge is 0.320 e. The van der Waals surface area contributed by atoms with Crippen LogP contribution in [-0.2, 0) is 25.2 Å². The zero-order valence-electron chi connectivity index (χ0n) is 18.1. The number of carbonyl (C=O) groups excluding carboxylic acids is 2. The van der Waals surface area contributed by atoms with E-state index in [2.05, 4.69) is 16.1 Å². The average molecular weight is 464 g/mol. The topological polar surface area (TPSA) is 68.1 Å². The number of aldehydes is 1. The van der Waals surface area contributed by atoms with Gasteiger partial charge in [-0.1, -0.05) is 12.1 Å². The molecule has 0 unspecified atom stereocenters. The molecule has 1 aromatic heterocycles. The van der Waals surface area contributed by atoms with Gasteiger partial charge in [-0.15, -0.1) is 22.5 Å². The van der Waals surface area contributed by atoms with Gasteiger partial charge in [0.1, 0.15) is 18.4 Å². The van der Waals surface area contributed by atoms with Gasteiger partial charge in [0.15, 0.2) is 0 Å². The minimum Gasteiger partial charge on any atom is -0.320 e. The zero-order valence-corrected chi connectivity index (χ0v) is 18.1. The summed E-state index contributed by atoms with van der Waals surface area (Å²) in [4.78, 5) is 25.7. The Morgan fingerprint density at radius 3 is 2.62 bits per heavy atom. The molecule has 2 heterocycles. The number of nitrogens with zero attached hydrogens (tertiary/aromatic N) is 4. The van der Waals surface area contributed by atoms with Crippen LogP contribution in [0.15, 0.2) is 42.7 Å². The first-order valence-corrected chi connectivity index (χ1v) is 10.6. The van der Waals surface area contributed by atoms with Crippen LogP contribution in [0.1, 0.15) is 56.1 Å². The number of hydrogen-bond acceptors (Lipinski definition) is 4. The van der Waals surface area contributed by atoms with E-state index in [4.69, 9.17) is 6.42 Å². The maximum absolute atomic E-state index is 13.7. The number of alkyl halides is 3. The molecule has 34 heavy (non-hydrogen) atoms. The lowest BCUT2D eigenvalue weighted by atomic mass is 9.58. The van der Waals surface area contributed by atoms with Gasteiger partial charge in [0, 0.05) is 29.8 Å². The number of hydrogen-bond donors (Lipinski definition) is 0. The summed E-state index contributed by atoms with van der Waals surface area (Å²) in [5.74, 6) is 2.99. The van der Waals surface area contributed by atoms with Crippen LogP contribution in [0.2, 0.25) is 0 Å². The summed E-state index contributed by atoms with van der Waals surface area (Å²) in [5.41, 5.74) is -0.577. The maximum Gasteiger partial charge on any atom is 0.416 e. The van der Waals surface area contributed by atoms with Gasteiger partial charge in [-0.05, 0) is 48.2 Å². The minimum atomic E-state index is -4.69. The molecule has 1 amide bonds. The quantitative estimate of drug-likeness (QED) is 0.430. The third-order valence-corrected chi connectivity index (χ3v) is 6.78. The molecule has 1 fully saturated rings. The van der Waals surface area contributed by atoms with Crippen LogP contribution < -0.4 is 4.90 Å². The predicted octanol–water partition coefficient (Wildman–Crippen LogP) is 4.14. The summed E-state index contributed by atoms with van der Waals surface area (Å²) >= 11 is 0. The van der Waals surface area contributed by atoms with Crippen molar-refractivity contribution in [1.29, 1.82) is 0 Å². The fraction of sp³-hybridized carbons (Fsp3) is 0.280. The molecule has 6 nitrogen and oxygen atoms in total. The van der Waals surface area contributed by atoms with Crippen molar-refractivity contribution in [1.82, 2.24) is 14.8 Å². The molecular weight excluding hydrogens is 445 g/mol. The number of fused-ring (bicyclic) bond motifs is 1. The predicted molar refractivity (Wildman–Crippen MR) is 117 cm³/mol. The summed E-state index contributed by atoms with van der Waals surface area (Å²) in [7, 11) is 1.84. The lowest BCUT2D eigenvalue weighted by Gasteiger charge is -2.45. The molecule has 172 valence electrons. The molecule has 3 aromatic rings. The van der Waals surface area contributed by atoms with Crippen molar-refractivity contribution < 1.29 is 22.8 Å². The molecule has 2 aromatic carbocycles. The number of anilines is 1. The number of halogens is 3. The largest absolute Gasteiger partial charge is 0.416 e. The van der Waals surface area contributed by atoms with Gasteiger partial charge in [-0.2, -0.15) is 13.2 Å². The Bertz CT molecular complexity index is 1360. The standard InChI is InChI=1S/C25H19F3N4O2/c1-3-15-10-24(11-15,23-30-29-14-31(23)2)17-5-4-6-18(9-17)32-12-20-19(22(32)34)7-16(13-33)8-21(20)25(26,27)28/h1,4-9,13-15H,10-12H2,2H3. The molecule has 0 spiro atoms. The van der Waals surface area contributed by atoms with Gasteiger partial charge in [0.2, 0.25) is 0 Å². The first-order valence-electron chi connectivity index (χ1n) is 10.6. The van der Waals surface area contributed by atoms with Crippen molar-refractivity contribution in [2.45, 2.75) is 31.0 Å². The molecule has 0 bridgehead atoms. The second kappa shape index (κ2) is 7.55. The number of aromatic nitrogens is 3. The Labute approximate surface area is 193 Å². The Balaban J connectivity index is 1.57. The SMILES string of the molecule is C#CC1CC(c2cccc(N3Cc4c(cc(C=O)cc4C(F)(F)F)C3=O)c2)(c2nncn2C)C1. The van der Waals surface area contributed by atoms with Crippen molar-refractivity contribution in [3.8, 4) is 12.3 Å². The van der Waals surface area contributed by atoms with Crippen LogP contribution in [0.4, 0.5) is 18.9 Å². The summed E-state index contributed by atoms with van der Waals surface area (Å²) in [6.07, 6.45) is 4.16. The van der Waals surface area contributed by atoms with Crippen molar-refractivity contribution in [3.63, 3.8) is 0 Å². The molecule has 2 aliphatic rings. The van der Waals surface area contributed by atoms with Gasteiger partial charge in [0.25, 0.3) is 5.91 Å². The Kier molecular flexibility index (Phi) is 4.86. The van der Waals surface area contributed by atoms with Crippen LogP contribution in [0.3, 0.4) is 0 Å². The number of carbonyl (C=O) groups is 2. The second-order valence-electron chi connectivity index (χ2n) is 8.77. The van der Waals surface area contributed by atoms with Crippen LogP contribution in [0.5, 0.6) is 0 Å². The molecule has 1 saturated carbocycles. The first kappa shape index (κ1) is 21.9. The van der Waals surface area contributed by atoms with Crippen LogP contribution in [0.25, 0.3) is 0 Å². The number of rotatable bonds is 4. The van der Waals surface area contributed by atoms with E-state index in [9.17, 15) is 22.8 Å². The van der Waals surface area contributed by atoms with E-state index in [0.717, 1.165) is 17.5 Å². The van der Waals surface area contributed by atoms with Crippen LogP contribution in [-0.4, -0.2) is 27.0 Å². The van der Waals surface area contributed by atoms with Gasteiger partial charge in [-0.25, -0.2) is 0 Å². The summed E-state index contributed by atoms with van der Waals surface area (Å²) in [6.45, 7) is -0.241. The van der Waals surface area contributed by atoms with Crippen molar-refractivity contribution in [2.75, 3.05) is 4.90 Å². The normalized spacial score (nSPS) is 21.7. The van der Waals surface area contributed by atoms with Gasteiger partial charge in [0.05, 0.1) is 17.5 Å². The number of benzene rings is 2. The Morgan fingerprint density at radius 2 is 2.00 bits per heavy atom. The fourth-order valence-corrected chi connectivity index (χ4v) is 5.09. The molecule has 5 rings (SSSR count). The van der Waals surface area contributed by atoms with E-state index in [0.29, 0.717) is 24.8 Å². The van der Waals surface area contributed by atoms with Gasteiger partial charge in [-0.3, -0.25) is 9.59 Å². The highest BCUT2D eigenvalue weighted by atomic mass is 19.4. The average Bonchev–Trinajstić information content (AvgIpc) is 3.36. The highest BCUT2D eigenvalue weighted by molar-refractivity contribution is 6.11. The fourth-order valence-electron chi connectivity index (χ4n) is 5.09. The summed E-state index contributed by atoms with van der Waals surface area (Å²) < 4.78 is 42.9. The maximum atomic E-state index is 13.7. The van der Waals surface area contributed by atoms with E-state index in [1.165, 1.54) is 11.0 Å². The first-order chi connectivity index (χ1) is 16.2. The van der Waals surface area contributed by atoms with E-state index in [1.807, 2.05) is 17.7 Å². The lowest BCUT2D eigenvalue weighted by Crippen LogP contribution is -2.44. The third kappa shape index (κ3) is 3.21. The van der Waals surface area contributed by atoms with E-state index in [-0.39, 0.29) is 29.2 Å². The number of amides is 1. The summed E-state index contributed by atoms with van der Waals surface area (Å²) in [5, 5.41) is 8.29. The van der Waals surface area contributed by atoms with E-state index < -0.39 is 23.1 Å². The second-order valence-corrected chi connectivity index (χ2v) is 8.77. The van der Waals surface area contributed by atoms with Gasteiger partial charge >= 0.3 is 6.18 Å². The van der Waals surface area contributed by atoms with Crippen molar-refractivity contribution >= 4 is 17.9 Å². The monoisotopic (exact) mass is 464 g/mol. The van der Waals surface area contributed by atoms with Crippen LogP contribution >= 0.6 is 0 Å². The van der Waals surface area contributed by atoms with Gasteiger partial charge < -0.3 is 9.47 Å².